The summed E-state index contributed by atoms with van der Waals surface area (Å²) >= 11 is 0. The first kappa shape index (κ1) is 11.7. The van der Waals surface area contributed by atoms with Crippen LogP contribution in [0.3, 0.4) is 0 Å². The number of nitrogens with zero attached hydrogens (tertiary/aromatic N) is 1. The van der Waals surface area contributed by atoms with Gasteiger partial charge in [-0.2, -0.15) is 0 Å². The van der Waals surface area contributed by atoms with Crippen LogP contribution in [0.25, 0.3) is 5.43 Å². The second-order valence-electron chi connectivity index (χ2n) is 2.93. The molecule has 0 saturated carbocycles. The molecule has 0 aromatic heterocycles. The van der Waals surface area contributed by atoms with Gasteiger partial charge in [-0.05, 0) is 12.1 Å². The van der Waals surface area contributed by atoms with Crippen molar-refractivity contribution in [3.05, 3.63) is 66.1 Å². The number of nitrogens with one attached hydrogen (secondary N) is 1. The molecule has 3 heteroatoms. The maximum atomic E-state index is 4.23. The van der Waals surface area contributed by atoms with Crippen molar-refractivity contribution >= 4 is 11.4 Å². The zero-order valence-corrected chi connectivity index (χ0v) is 8.72. The first-order valence-corrected chi connectivity index (χ1v) is 4.52. The van der Waals surface area contributed by atoms with Crippen molar-refractivity contribution < 1.29 is 18.9 Å². The van der Waals surface area contributed by atoms with E-state index < -0.39 is 0 Å². The maximum Gasteiger partial charge on any atom is 1.00 e. The molecule has 0 unspecified atom stereocenters. The van der Waals surface area contributed by atoms with E-state index in [1.165, 1.54) is 0 Å². The third kappa shape index (κ3) is 3.71. The number of hydrogen-bond acceptors (Lipinski definition) is 1. The van der Waals surface area contributed by atoms with E-state index in [1.807, 2.05) is 60.7 Å². The molecule has 0 saturated heterocycles. The van der Waals surface area contributed by atoms with Gasteiger partial charge in [0.25, 0.3) is 0 Å². The van der Waals surface area contributed by atoms with Gasteiger partial charge in [0.15, 0.2) is 0 Å². The Kier molecular flexibility index (Phi) is 4.83. The molecule has 2 nitrogen and oxygen atoms in total. The fourth-order valence-electron chi connectivity index (χ4n) is 1.14. The molecule has 0 aliphatic carbocycles. The smallest absolute Gasteiger partial charge is 0.598 e. The molecule has 0 heterocycles. The van der Waals surface area contributed by atoms with Crippen molar-refractivity contribution in [3.8, 4) is 0 Å². The van der Waals surface area contributed by atoms with Crippen LogP contribution in [0.2, 0.25) is 0 Å². The average molecular weight is 190 g/mol. The van der Waals surface area contributed by atoms with E-state index in [4.69, 9.17) is 0 Å². The van der Waals surface area contributed by atoms with Gasteiger partial charge in [-0.3, -0.25) is 0 Å². The Morgan fingerprint density at radius 1 is 0.733 bits per heavy atom. The van der Waals surface area contributed by atoms with Gasteiger partial charge < -0.3 is 10.9 Å². The van der Waals surface area contributed by atoms with Crippen molar-refractivity contribution in [2.75, 3.05) is 5.43 Å². The van der Waals surface area contributed by atoms with Crippen LogP contribution in [0.1, 0.15) is 0 Å². The largest absolute Gasteiger partial charge is 1.00 e. The van der Waals surface area contributed by atoms with Crippen molar-refractivity contribution in [2.24, 2.45) is 0 Å². The first-order valence-electron chi connectivity index (χ1n) is 4.52. The summed E-state index contributed by atoms with van der Waals surface area (Å²) in [7, 11) is 0. The van der Waals surface area contributed by atoms with E-state index in [1.54, 1.807) is 0 Å². The van der Waals surface area contributed by atoms with Crippen LogP contribution in [0.5, 0.6) is 0 Å². The summed E-state index contributed by atoms with van der Waals surface area (Å²) in [6, 6.07) is 19.7. The van der Waals surface area contributed by atoms with Crippen LogP contribution in [0, 0.1) is 0 Å². The Labute approximate surface area is 102 Å². The van der Waals surface area contributed by atoms with Gasteiger partial charge in [0.2, 0.25) is 0 Å². The molecule has 2 aromatic carbocycles. The molecular formula is C12H11LiN2. The molecule has 70 valence electrons. The molecule has 0 radical (unpaired) electrons. The van der Waals surface area contributed by atoms with Gasteiger partial charge in [-0.1, -0.05) is 48.5 Å². The molecule has 15 heavy (non-hydrogen) atoms. The third-order valence-electron chi connectivity index (χ3n) is 1.84. The Hall–Kier alpha value is -1.36. The number of rotatable bonds is 3. The molecule has 0 spiro atoms. The fourth-order valence-corrected chi connectivity index (χ4v) is 1.14. The van der Waals surface area contributed by atoms with E-state index in [2.05, 4.69) is 10.9 Å². The van der Waals surface area contributed by atoms with Gasteiger partial charge in [0.1, 0.15) is 0 Å². The summed E-state index contributed by atoms with van der Waals surface area (Å²) in [6.07, 6.45) is 0. The van der Waals surface area contributed by atoms with Gasteiger partial charge in [0, 0.05) is 5.69 Å². The van der Waals surface area contributed by atoms with Crippen LogP contribution in [-0.2, 0) is 0 Å². The maximum absolute atomic E-state index is 4.23. The summed E-state index contributed by atoms with van der Waals surface area (Å²) in [6.45, 7) is 0. The Morgan fingerprint density at radius 3 is 1.87 bits per heavy atom. The minimum absolute atomic E-state index is 0. The molecule has 1 N–H and O–H groups in total. The van der Waals surface area contributed by atoms with E-state index in [-0.39, 0.29) is 18.9 Å². The number of hydrogen-bond donors (Lipinski definition) is 1. The molecule has 0 fully saturated rings. The summed E-state index contributed by atoms with van der Waals surface area (Å²) < 4.78 is 0. The molecule has 0 bridgehead atoms. The molecule has 0 atom stereocenters. The standard InChI is InChI=1S/C12H11N2.Li/c1-3-7-11(8-4-1)13-14-12-9-5-2-6-10-12;/h1-10,13H;/q-1;+1. The Balaban J connectivity index is 0.00000112. The van der Waals surface area contributed by atoms with Gasteiger partial charge in [-0.15, -0.1) is 5.69 Å². The fraction of sp³-hybridized carbons (Fsp3) is 0. The number of benzene rings is 2. The SMILES string of the molecule is [Li+].c1ccc([N-]Nc2ccccc2)cc1. The zero-order valence-electron chi connectivity index (χ0n) is 8.72. The van der Waals surface area contributed by atoms with Crippen LogP contribution >= 0.6 is 0 Å². The Morgan fingerprint density at radius 2 is 1.27 bits per heavy atom. The second-order valence-corrected chi connectivity index (χ2v) is 2.93. The minimum Gasteiger partial charge on any atom is -0.598 e. The first-order chi connectivity index (χ1) is 6.95. The quantitative estimate of drug-likeness (QED) is 0.560. The molecule has 0 amide bonds. The number of para-hydroxylation sites is 2. The van der Waals surface area contributed by atoms with E-state index >= 15 is 0 Å². The van der Waals surface area contributed by atoms with Crippen molar-refractivity contribution in [1.29, 1.82) is 0 Å². The topological polar surface area (TPSA) is 26.1 Å². The van der Waals surface area contributed by atoms with Crippen molar-refractivity contribution in [2.45, 2.75) is 0 Å². The molecule has 2 rings (SSSR count). The monoisotopic (exact) mass is 190 g/mol. The summed E-state index contributed by atoms with van der Waals surface area (Å²) in [5.74, 6) is 0. The molecule has 0 aliphatic heterocycles. The van der Waals surface area contributed by atoms with Crippen molar-refractivity contribution in [1.82, 2.24) is 0 Å². The summed E-state index contributed by atoms with van der Waals surface area (Å²) in [5, 5.41) is 0. The third-order valence-corrected chi connectivity index (χ3v) is 1.84. The van der Waals surface area contributed by atoms with Crippen LogP contribution in [0.15, 0.2) is 60.7 Å². The van der Waals surface area contributed by atoms with Crippen LogP contribution < -0.4 is 24.3 Å². The zero-order chi connectivity index (χ0) is 9.64. The van der Waals surface area contributed by atoms with Gasteiger partial charge in [-0.25, -0.2) is 0 Å². The van der Waals surface area contributed by atoms with Gasteiger partial charge >= 0.3 is 18.9 Å². The van der Waals surface area contributed by atoms with E-state index in [0.717, 1.165) is 11.4 Å². The summed E-state index contributed by atoms with van der Waals surface area (Å²) in [5.41, 5.74) is 9.14. The number of anilines is 1. The van der Waals surface area contributed by atoms with E-state index in [0.29, 0.717) is 0 Å². The average Bonchev–Trinajstić information content (AvgIpc) is 2.29. The van der Waals surface area contributed by atoms with Crippen LogP contribution in [-0.4, -0.2) is 0 Å². The molecule has 2 aromatic rings. The minimum atomic E-state index is 0. The van der Waals surface area contributed by atoms with E-state index in [9.17, 15) is 0 Å². The molecular weight excluding hydrogens is 179 g/mol. The predicted octanol–water partition coefficient (Wildman–Crippen LogP) is 0.723. The van der Waals surface area contributed by atoms with Crippen molar-refractivity contribution in [3.63, 3.8) is 0 Å². The second kappa shape index (κ2) is 6.18. The predicted molar refractivity (Wildman–Crippen MR) is 59.5 cm³/mol. The van der Waals surface area contributed by atoms with Gasteiger partial charge in [0.05, 0.1) is 0 Å². The molecule has 0 aliphatic rings. The van der Waals surface area contributed by atoms with Crippen LogP contribution in [0.4, 0.5) is 11.4 Å². The Bertz CT molecular complexity index is 336. The summed E-state index contributed by atoms with van der Waals surface area (Å²) in [4.78, 5) is 0. The normalized spacial score (nSPS) is 8.80.